The first-order valence-corrected chi connectivity index (χ1v) is 9.14. The van der Waals surface area contributed by atoms with Crippen LogP contribution in [0.2, 0.25) is 0 Å². The second-order valence-electron chi connectivity index (χ2n) is 5.24. The Labute approximate surface area is 136 Å². The first-order chi connectivity index (χ1) is 11.3. The summed E-state index contributed by atoms with van der Waals surface area (Å²) in [5.41, 5.74) is 0.825. The van der Waals surface area contributed by atoms with E-state index in [0.29, 0.717) is 0 Å². The minimum absolute atomic E-state index is 0.250. The van der Waals surface area contributed by atoms with Gasteiger partial charge in [0.15, 0.2) is 7.14 Å². The number of nitrogens with zero attached hydrogens (tertiary/aromatic N) is 1. The van der Waals surface area contributed by atoms with E-state index in [1.54, 1.807) is 0 Å². The molecule has 3 heteroatoms. The van der Waals surface area contributed by atoms with E-state index in [9.17, 15) is 4.57 Å². The lowest BCUT2D eigenvalue weighted by atomic mass is 10.2. The van der Waals surface area contributed by atoms with Crippen molar-refractivity contribution in [3.8, 4) is 6.07 Å². The number of hydrogen-bond acceptors (Lipinski definition) is 2. The van der Waals surface area contributed by atoms with E-state index < -0.39 is 7.14 Å². The van der Waals surface area contributed by atoms with Crippen molar-refractivity contribution in [2.24, 2.45) is 0 Å². The molecular weight excluding hydrogens is 301 g/mol. The average molecular weight is 317 g/mol. The van der Waals surface area contributed by atoms with Crippen LogP contribution in [0.5, 0.6) is 0 Å². The summed E-state index contributed by atoms with van der Waals surface area (Å²) in [6.45, 7) is 0. The Morgan fingerprint density at radius 3 is 1.74 bits per heavy atom. The van der Waals surface area contributed by atoms with Crippen LogP contribution in [0, 0.1) is 11.3 Å². The fourth-order valence-electron chi connectivity index (χ4n) is 2.76. The standard InChI is InChI=1S/C20H16NOP/c21-16-15-17-9-7-8-14-20(17)23(22,18-10-3-1-4-11-18)19-12-5-2-6-13-19/h1-14H,15H2. The predicted molar refractivity (Wildman–Crippen MR) is 95.2 cm³/mol. The van der Waals surface area contributed by atoms with Gasteiger partial charge in [-0.05, 0) is 5.56 Å². The summed E-state index contributed by atoms with van der Waals surface area (Å²) in [5.74, 6) is 0. The highest BCUT2D eigenvalue weighted by Crippen LogP contribution is 2.43. The van der Waals surface area contributed by atoms with Crippen LogP contribution in [-0.4, -0.2) is 0 Å². The SMILES string of the molecule is N#CCc1ccccc1P(=O)(c1ccccc1)c1ccccc1. The molecule has 0 saturated carbocycles. The maximum Gasteiger partial charge on any atom is 0.171 e. The van der Waals surface area contributed by atoms with E-state index >= 15 is 0 Å². The molecule has 0 aliphatic rings. The van der Waals surface area contributed by atoms with E-state index in [-0.39, 0.29) is 6.42 Å². The van der Waals surface area contributed by atoms with Crippen LogP contribution in [-0.2, 0) is 11.0 Å². The van der Waals surface area contributed by atoms with Crippen molar-refractivity contribution in [1.29, 1.82) is 5.26 Å². The summed E-state index contributed by atoms with van der Waals surface area (Å²) in [6.07, 6.45) is 0.250. The van der Waals surface area contributed by atoms with Gasteiger partial charge in [-0.15, -0.1) is 0 Å². The van der Waals surface area contributed by atoms with Gasteiger partial charge in [0.2, 0.25) is 0 Å². The van der Waals surface area contributed by atoms with Crippen molar-refractivity contribution in [2.45, 2.75) is 6.42 Å². The van der Waals surface area contributed by atoms with Crippen molar-refractivity contribution in [3.05, 3.63) is 90.5 Å². The molecule has 3 aromatic carbocycles. The molecule has 0 aliphatic carbocycles. The van der Waals surface area contributed by atoms with Crippen LogP contribution >= 0.6 is 7.14 Å². The van der Waals surface area contributed by atoms with Gasteiger partial charge in [-0.2, -0.15) is 5.26 Å². The summed E-state index contributed by atoms with van der Waals surface area (Å²) < 4.78 is 14.2. The van der Waals surface area contributed by atoms with Crippen LogP contribution in [0.3, 0.4) is 0 Å². The van der Waals surface area contributed by atoms with Gasteiger partial charge in [0.25, 0.3) is 0 Å². The molecule has 2 nitrogen and oxygen atoms in total. The second-order valence-corrected chi connectivity index (χ2v) is 7.98. The monoisotopic (exact) mass is 317 g/mol. The Bertz CT molecular complexity index is 839. The lowest BCUT2D eigenvalue weighted by molar-refractivity contribution is 0.592. The second kappa shape index (κ2) is 6.65. The Hall–Kier alpha value is -2.62. The molecule has 0 atom stereocenters. The molecule has 0 aliphatic heterocycles. The Morgan fingerprint density at radius 1 is 0.739 bits per heavy atom. The molecule has 3 aromatic rings. The Morgan fingerprint density at radius 2 is 1.22 bits per heavy atom. The molecule has 0 fully saturated rings. The maximum atomic E-state index is 14.2. The van der Waals surface area contributed by atoms with Gasteiger partial charge in [-0.3, -0.25) is 0 Å². The molecule has 0 bridgehead atoms. The van der Waals surface area contributed by atoms with Crippen LogP contribution < -0.4 is 15.9 Å². The minimum Gasteiger partial charge on any atom is -0.309 e. The molecule has 112 valence electrons. The highest BCUT2D eigenvalue weighted by Gasteiger charge is 2.31. The lowest BCUT2D eigenvalue weighted by Gasteiger charge is -2.22. The van der Waals surface area contributed by atoms with Crippen LogP contribution in [0.1, 0.15) is 5.56 Å². The topological polar surface area (TPSA) is 40.9 Å². The molecule has 0 N–H and O–H groups in total. The van der Waals surface area contributed by atoms with E-state index in [4.69, 9.17) is 5.26 Å². The van der Waals surface area contributed by atoms with Gasteiger partial charge >= 0.3 is 0 Å². The third-order valence-corrected chi connectivity index (χ3v) is 7.01. The van der Waals surface area contributed by atoms with Gasteiger partial charge in [0.1, 0.15) is 0 Å². The van der Waals surface area contributed by atoms with E-state index in [2.05, 4.69) is 6.07 Å². The molecular formula is C20H16NOP. The molecule has 3 rings (SSSR count). The number of rotatable bonds is 4. The zero-order valence-electron chi connectivity index (χ0n) is 12.6. The molecule has 0 heterocycles. The summed E-state index contributed by atoms with van der Waals surface area (Å²) in [7, 11) is -2.99. The first-order valence-electron chi connectivity index (χ1n) is 7.43. The fraction of sp³-hybridized carbons (Fsp3) is 0.0500. The van der Waals surface area contributed by atoms with E-state index in [1.165, 1.54) is 0 Å². The third kappa shape index (κ3) is 2.84. The molecule has 0 amide bonds. The van der Waals surface area contributed by atoms with Crippen LogP contribution in [0.4, 0.5) is 0 Å². The van der Waals surface area contributed by atoms with Gasteiger partial charge in [0.05, 0.1) is 12.5 Å². The molecule has 0 spiro atoms. The van der Waals surface area contributed by atoms with Gasteiger partial charge in [-0.25, -0.2) is 0 Å². The van der Waals surface area contributed by atoms with E-state index in [1.807, 2.05) is 84.9 Å². The smallest absolute Gasteiger partial charge is 0.171 e. The molecule has 0 saturated heterocycles. The van der Waals surface area contributed by atoms with Crippen LogP contribution in [0.15, 0.2) is 84.9 Å². The fourth-order valence-corrected chi connectivity index (χ4v) is 5.65. The van der Waals surface area contributed by atoms with Crippen molar-refractivity contribution < 1.29 is 4.57 Å². The zero-order valence-corrected chi connectivity index (χ0v) is 13.5. The van der Waals surface area contributed by atoms with Gasteiger partial charge in [0, 0.05) is 15.9 Å². The zero-order chi connectivity index (χ0) is 16.1. The highest BCUT2D eigenvalue weighted by atomic mass is 31.2. The summed E-state index contributed by atoms with van der Waals surface area (Å²) in [6, 6.07) is 28.8. The summed E-state index contributed by atoms with van der Waals surface area (Å²) >= 11 is 0. The lowest BCUT2D eigenvalue weighted by Crippen LogP contribution is -2.27. The van der Waals surface area contributed by atoms with Crippen molar-refractivity contribution >= 4 is 23.1 Å². The Balaban J connectivity index is 2.31. The summed E-state index contributed by atoms with van der Waals surface area (Å²) in [4.78, 5) is 0. The van der Waals surface area contributed by atoms with Crippen molar-refractivity contribution in [2.75, 3.05) is 0 Å². The largest absolute Gasteiger partial charge is 0.309 e. The van der Waals surface area contributed by atoms with Crippen molar-refractivity contribution in [3.63, 3.8) is 0 Å². The van der Waals surface area contributed by atoms with Crippen molar-refractivity contribution in [1.82, 2.24) is 0 Å². The predicted octanol–water partition coefficient (Wildman–Crippen LogP) is 3.39. The first kappa shape index (κ1) is 15.3. The van der Waals surface area contributed by atoms with Gasteiger partial charge < -0.3 is 4.57 Å². The molecule has 0 aromatic heterocycles. The summed E-state index contributed by atoms with van der Waals surface area (Å²) in [5, 5.41) is 11.4. The Kier molecular flexibility index (Phi) is 4.42. The normalized spacial score (nSPS) is 10.9. The van der Waals surface area contributed by atoms with Crippen LogP contribution in [0.25, 0.3) is 0 Å². The maximum absolute atomic E-state index is 14.2. The molecule has 0 unspecified atom stereocenters. The number of nitriles is 1. The quantitative estimate of drug-likeness (QED) is 0.692. The molecule has 23 heavy (non-hydrogen) atoms. The van der Waals surface area contributed by atoms with E-state index in [0.717, 1.165) is 21.5 Å². The highest BCUT2D eigenvalue weighted by molar-refractivity contribution is 7.85. The number of benzene rings is 3. The molecule has 0 radical (unpaired) electrons. The number of hydrogen-bond donors (Lipinski definition) is 0. The average Bonchev–Trinajstić information content (AvgIpc) is 2.63. The van der Waals surface area contributed by atoms with Gasteiger partial charge in [-0.1, -0.05) is 84.9 Å². The minimum atomic E-state index is -2.99. The third-order valence-electron chi connectivity index (χ3n) is 3.84.